The zero-order valence-corrected chi connectivity index (χ0v) is 8.14. The summed E-state index contributed by atoms with van der Waals surface area (Å²) in [4.78, 5) is 10.1. The van der Waals surface area contributed by atoms with Gasteiger partial charge in [0.25, 0.3) is 0 Å². The van der Waals surface area contributed by atoms with Crippen LogP contribution in [0.1, 0.15) is 10.4 Å². The average molecular weight is 166 g/mol. The molecule has 0 bridgehead atoms. The summed E-state index contributed by atoms with van der Waals surface area (Å²) < 4.78 is 0. The standard InChI is InChI=1S/C5H4O3S.Na/c6-4-1-3(2-9-4)5(7)8;/h1-2,6H,(H,7,8);/q;+1/p-1. The van der Waals surface area contributed by atoms with Gasteiger partial charge in [-0.2, -0.15) is 11.3 Å². The van der Waals surface area contributed by atoms with Crippen LogP contribution in [0.25, 0.3) is 0 Å². The topological polar surface area (TPSA) is 60.4 Å². The molecule has 3 nitrogen and oxygen atoms in total. The van der Waals surface area contributed by atoms with Gasteiger partial charge in [0.05, 0.1) is 5.56 Å². The zero-order chi connectivity index (χ0) is 6.85. The molecule has 1 N–H and O–H groups in total. The average Bonchev–Trinajstić information content (AvgIpc) is 2.14. The summed E-state index contributed by atoms with van der Waals surface area (Å²) in [5, 5.41) is 19.7. The van der Waals surface area contributed by atoms with Crippen LogP contribution < -0.4 is 34.7 Å². The van der Waals surface area contributed by atoms with Crippen LogP contribution in [0.2, 0.25) is 0 Å². The first-order valence-corrected chi connectivity index (χ1v) is 3.07. The van der Waals surface area contributed by atoms with E-state index in [0.717, 1.165) is 17.4 Å². The van der Waals surface area contributed by atoms with Gasteiger partial charge in [0, 0.05) is 5.38 Å². The van der Waals surface area contributed by atoms with Crippen LogP contribution in [0.5, 0.6) is 5.06 Å². The van der Waals surface area contributed by atoms with E-state index in [1.54, 1.807) is 0 Å². The Hall–Kier alpha value is -0.0300. The number of rotatable bonds is 1. The Bertz CT molecular complexity index is 233. The predicted octanol–water partition coefficient (Wildman–Crippen LogP) is -2.48. The molecule has 5 heteroatoms. The van der Waals surface area contributed by atoms with E-state index in [-0.39, 0.29) is 40.2 Å². The fourth-order valence-electron chi connectivity index (χ4n) is 0.429. The van der Waals surface area contributed by atoms with Gasteiger partial charge < -0.3 is 10.2 Å². The van der Waals surface area contributed by atoms with Gasteiger partial charge in [-0.15, -0.1) is 0 Å². The Morgan fingerprint density at radius 2 is 2.30 bits per heavy atom. The van der Waals surface area contributed by atoms with Gasteiger partial charge in [0.2, 0.25) is 0 Å². The maximum absolute atomic E-state index is 10.3. The van der Waals surface area contributed by atoms with Crippen molar-refractivity contribution < 1.29 is 44.6 Å². The third kappa shape index (κ3) is 2.30. The molecule has 0 amide bonds. The van der Waals surface area contributed by atoms with Crippen molar-refractivity contribution in [2.24, 2.45) is 0 Å². The normalized spacial score (nSPS) is 8.40. The molecule has 1 aromatic rings. The van der Waals surface area contributed by atoms with Gasteiger partial charge in [0.1, 0.15) is 0 Å². The van der Waals surface area contributed by atoms with Crippen molar-refractivity contribution in [2.45, 2.75) is 0 Å². The van der Waals surface area contributed by atoms with Gasteiger partial charge in [-0.3, -0.25) is 0 Å². The Balaban J connectivity index is 0.000000810. The van der Waals surface area contributed by atoms with Crippen LogP contribution >= 0.6 is 11.3 Å². The van der Waals surface area contributed by atoms with Crippen molar-refractivity contribution in [3.63, 3.8) is 0 Å². The summed E-state index contributed by atoms with van der Waals surface area (Å²) in [6.07, 6.45) is 0. The summed E-state index contributed by atoms with van der Waals surface area (Å²) in [6.45, 7) is 0. The molecular formula is C5H3NaO3S. The monoisotopic (exact) mass is 166 g/mol. The van der Waals surface area contributed by atoms with Crippen LogP contribution in [-0.4, -0.2) is 11.1 Å². The quantitative estimate of drug-likeness (QED) is 0.470. The van der Waals surface area contributed by atoms with Crippen molar-refractivity contribution in [3.05, 3.63) is 17.0 Å². The molecule has 1 heterocycles. The Kier molecular flexibility index (Phi) is 3.96. The Morgan fingerprint density at radius 1 is 1.70 bits per heavy atom. The van der Waals surface area contributed by atoms with Gasteiger partial charge in [-0.05, 0) is 6.07 Å². The second-order valence-electron chi connectivity index (χ2n) is 1.46. The summed E-state index contributed by atoms with van der Waals surface area (Å²) in [5.41, 5.74) is 0.0741. The van der Waals surface area contributed by atoms with Gasteiger partial charge >= 0.3 is 35.5 Å². The molecule has 0 spiro atoms. The molecule has 0 unspecified atom stereocenters. The third-order valence-corrected chi connectivity index (χ3v) is 1.54. The third-order valence-electron chi connectivity index (χ3n) is 0.822. The number of carboxylic acids is 1. The first-order chi connectivity index (χ1) is 4.20. The summed E-state index contributed by atoms with van der Waals surface area (Å²) in [7, 11) is 0. The largest absolute Gasteiger partial charge is 1.00 e. The molecule has 0 fully saturated rings. The molecule has 0 saturated carbocycles. The predicted molar refractivity (Wildman–Crippen MR) is 30.7 cm³/mol. The van der Waals surface area contributed by atoms with Gasteiger partial charge in [-0.25, -0.2) is 4.79 Å². The maximum Gasteiger partial charge on any atom is 1.00 e. The summed E-state index contributed by atoms with van der Waals surface area (Å²) in [5.74, 6) is -1.05. The van der Waals surface area contributed by atoms with Crippen molar-refractivity contribution in [3.8, 4) is 5.06 Å². The second kappa shape index (κ2) is 3.98. The smallest absolute Gasteiger partial charge is 0.865 e. The minimum Gasteiger partial charge on any atom is -0.865 e. The minimum absolute atomic E-state index is 0. The van der Waals surface area contributed by atoms with E-state index in [0.29, 0.717) is 0 Å². The molecule has 0 saturated heterocycles. The second-order valence-corrected chi connectivity index (χ2v) is 2.33. The van der Waals surface area contributed by atoms with Crippen LogP contribution in [0, 0.1) is 0 Å². The van der Waals surface area contributed by atoms with Crippen molar-refractivity contribution in [2.75, 3.05) is 0 Å². The van der Waals surface area contributed by atoms with E-state index < -0.39 is 5.97 Å². The van der Waals surface area contributed by atoms with Gasteiger partial charge in [-0.1, -0.05) is 5.06 Å². The van der Waals surface area contributed by atoms with Crippen LogP contribution in [0.4, 0.5) is 0 Å². The number of hydrogen-bond donors (Lipinski definition) is 1. The Morgan fingerprint density at radius 3 is 2.50 bits per heavy atom. The minimum atomic E-state index is -1.05. The number of carboxylic acid groups (broad SMARTS) is 1. The van der Waals surface area contributed by atoms with E-state index in [2.05, 4.69) is 0 Å². The molecule has 0 aliphatic heterocycles. The molecule has 0 radical (unpaired) electrons. The first kappa shape index (κ1) is 9.97. The van der Waals surface area contributed by atoms with Crippen LogP contribution in [0.3, 0.4) is 0 Å². The van der Waals surface area contributed by atoms with Crippen molar-refractivity contribution in [1.29, 1.82) is 0 Å². The van der Waals surface area contributed by atoms with E-state index in [1.807, 2.05) is 0 Å². The fourth-order valence-corrected chi connectivity index (χ4v) is 1.04. The van der Waals surface area contributed by atoms with E-state index in [1.165, 1.54) is 5.38 Å². The number of hydrogen-bond acceptors (Lipinski definition) is 3. The Labute approximate surface area is 83.6 Å². The van der Waals surface area contributed by atoms with Crippen molar-refractivity contribution >= 4 is 17.3 Å². The van der Waals surface area contributed by atoms with E-state index >= 15 is 0 Å². The molecule has 1 aromatic heterocycles. The van der Waals surface area contributed by atoms with Crippen LogP contribution in [0.15, 0.2) is 11.4 Å². The zero-order valence-electron chi connectivity index (χ0n) is 5.33. The van der Waals surface area contributed by atoms with Crippen LogP contribution in [-0.2, 0) is 0 Å². The number of carbonyl (C=O) groups is 1. The molecule has 1 rings (SSSR count). The molecule has 0 aromatic carbocycles. The van der Waals surface area contributed by atoms with E-state index in [4.69, 9.17) is 5.11 Å². The molecule has 0 aliphatic carbocycles. The van der Waals surface area contributed by atoms with Crippen molar-refractivity contribution in [1.82, 2.24) is 0 Å². The van der Waals surface area contributed by atoms with E-state index in [9.17, 15) is 9.90 Å². The first-order valence-electron chi connectivity index (χ1n) is 2.19. The maximum atomic E-state index is 10.3. The molecule has 48 valence electrons. The number of aromatic carboxylic acids is 1. The fraction of sp³-hybridized carbons (Fsp3) is 0. The summed E-state index contributed by atoms with van der Waals surface area (Å²) >= 11 is 0.896. The molecule has 0 aliphatic rings. The molecular weight excluding hydrogens is 163 g/mol. The SMILES string of the molecule is O=C(O)c1csc([O-])c1.[Na+]. The summed E-state index contributed by atoms with van der Waals surface area (Å²) in [6, 6.07) is 1.10. The number of thiophene rings is 1. The molecule has 0 atom stereocenters. The van der Waals surface area contributed by atoms with Gasteiger partial charge in [0.15, 0.2) is 0 Å². The molecule has 10 heavy (non-hydrogen) atoms.